The standard InChI is InChI=1S/C15H30N4O.HI/c1-13-5-8-19(9-6-13)15(16)17-7-10-18(11-12-20-2)14-3-4-14;/h13-14H,3-12H2,1-2H3,(H2,16,17);1H. The summed E-state index contributed by atoms with van der Waals surface area (Å²) in [6.07, 6.45) is 5.12. The molecule has 2 aliphatic rings. The van der Waals surface area contributed by atoms with E-state index in [-0.39, 0.29) is 24.0 Å². The fraction of sp³-hybridized carbons (Fsp3) is 0.933. The maximum Gasteiger partial charge on any atom is 0.191 e. The van der Waals surface area contributed by atoms with Crippen LogP contribution in [0.5, 0.6) is 0 Å². The summed E-state index contributed by atoms with van der Waals surface area (Å²) in [5.41, 5.74) is 6.10. The number of rotatable bonds is 7. The molecular formula is C15H31IN4O. The van der Waals surface area contributed by atoms with Crippen LogP contribution in [-0.4, -0.2) is 68.2 Å². The Labute approximate surface area is 146 Å². The van der Waals surface area contributed by atoms with Crippen LogP contribution in [0.25, 0.3) is 0 Å². The van der Waals surface area contributed by atoms with Crippen molar-refractivity contribution < 1.29 is 4.74 Å². The molecule has 0 aromatic rings. The molecule has 1 aliphatic carbocycles. The third kappa shape index (κ3) is 6.69. The molecule has 0 atom stereocenters. The smallest absolute Gasteiger partial charge is 0.191 e. The van der Waals surface area contributed by atoms with Crippen LogP contribution < -0.4 is 5.73 Å². The highest BCUT2D eigenvalue weighted by Crippen LogP contribution is 2.26. The maximum atomic E-state index is 6.10. The van der Waals surface area contributed by atoms with Crippen molar-refractivity contribution in [2.75, 3.05) is 46.4 Å². The summed E-state index contributed by atoms with van der Waals surface area (Å²) in [4.78, 5) is 9.29. The molecule has 0 aromatic heterocycles. The number of ether oxygens (including phenoxy) is 1. The first-order valence-electron chi connectivity index (χ1n) is 7.98. The average Bonchev–Trinajstić information content (AvgIpc) is 3.27. The van der Waals surface area contributed by atoms with Gasteiger partial charge in [-0.3, -0.25) is 9.89 Å². The minimum absolute atomic E-state index is 0. The lowest BCUT2D eigenvalue weighted by molar-refractivity contribution is 0.145. The summed E-state index contributed by atoms with van der Waals surface area (Å²) in [5.74, 6) is 1.57. The molecule has 1 saturated carbocycles. The van der Waals surface area contributed by atoms with Crippen LogP contribution >= 0.6 is 24.0 Å². The zero-order chi connectivity index (χ0) is 14.4. The number of piperidine rings is 1. The molecule has 124 valence electrons. The SMILES string of the molecule is COCCN(CCN=C(N)N1CCC(C)CC1)C1CC1.I. The zero-order valence-electron chi connectivity index (χ0n) is 13.5. The minimum atomic E-state index is 0. The highest BCUT2D eigenvalue weighted by Gasteiger charge is 2.28. The normalized spacial score (nSPS) is 20.7. The molecule has 2 fully saturated rings. The Kier molecular flexibility index (Phi) is 8.89. The number of nitrogens with two attached hydrogens (primary N) is 1. The van der Waals surface area contributed by atoms with E-state index in [0.29, 0.717) is 0 Å². The van der Waals surface area contributed by atoms with Crippen molar-refractivity contribution in [1.82, 2.24) is 9.80 Å². The second kappa shape index (κ2) is 9.84. The summed E-state index contributed by atoms with van der Waals surface area (Å²) < 4.78 is 5.17. The lowest BCUT2D eigenvalue weighted by Crippen LogP contribution is -2.43. The first kappa shape index (κ1) is 19.0. The number of likely N-dealkylation sites (tertiary alicyclic amines) is 1. The molecule has 0 amide bonds. The van der Waals surface area contributed by atoms with E-state index in [1.54, 1.807) is 7.11 Å². The van der Waals surface area contributed by atoms with Crippen LogP contribution in [0.1, 0.15) is 32.6 Å². The topological polar surface area (TPSA) is 54.1 Å². The fourth-order valence-electron chi connectivity index (χ4n) is 2.76. The Balaban J connectivity index is 0.00000220. The van der Waals surface area contributed by atoms with Crippen molar-refractivity contribution in [3.05, 3.63) is 0 Å². The van der Waals surface area contributed by atoms with E-state index >= 15 is 0 Å². The predicted octanol–water partition coefficient (Wildman–Crippen LogP) is 1.76. The summed E-state index contributed by atoms with van der Waals surface area (Å²) >= 11 is 0. The summed E-state index contributed by atoms with van der Waals surface area (Å²) in [5, 5.41) is 0. The Bertz CT molecular complexity index is 315. The van der Waals surface area contributed by atoms with Crippen LogP contribution in [0.15, 0.2) is 4.99 Å². The molecule has 1 heterocycles. The first-order chi connectivity index (χ1) is 9.70. The Morgan fingerprint density at radius 2 is 1.90 bits per heavy atom. The van der Waals surface area contributed by atoms with Gasteiger partial charge in [0, 0.05) is 39.3 Å². The van der Waals surface area contributed by atoms with Gasteiger partial charge in [0.2, 0.25) is 0 Å². The average molecular weight is 410 g/mol. The lowest BCUT2D eigenvalue weighted by Gasteiger charge is -2.31. The van der Waals surface area contributed by atoms with Gasteiger partial charge in [-0.15, -0.1) is 24.0 Å². The van der Waals surface area contributed by atoms with E-state index < -0.39 is 0 Å². The van der Waals surface area contributed by atoms with Gasteiger partial charge in [0.25, 0.3) is 0 Å². The molecular weight excluding hydrogens is 379 g/mol. The quantitative estimate of drug-likeness (QED) is 0.395. The van der Waals surface area contributed by atoms with E-state index in [2.05, 4.69) is 21.7 Å². The Morgan fingerprint density at radius 3 is 2.48 bits per heavy atom. The summed E-state index contributed by atoms with van der Waals surface area (Å²) in [7, 11) is 1.76. The van der Waals surface area contributed by atoms with Crippen molar-refractivity contribution in [3.8, 4) is 0 Å². The summed E-state index contributed by atoms with van der Waals surface area (Å²) in [6.45, 7) is 8.06. The van der Waals surface area contributed by atoms with Crippen molar-refractivity contribution in [2.24, 2.45) is 16.6 Å². The number of aliphatic imine (C=N–C) groups is 1. The van der Waals surface area contributed by atoms with Crippen molar-refractivity contribution in [2.45, 2.75) is 38.6 Å². The predicted molar refractivity (Wildman–Crippen MR) is 98.3 cm³/mol. The van der Waals surface area contributed by atoms with E-state index in [9.17, 15) is 0 Å². The zero-order valence-corrected chi connectivity index (χ0v) is 15.8. The van der Waals surface area contributed by atoms with Gasteiger partial charge >= 0.3 is 0 Å². The second-order valence-corrected chi connectivity index (χ2v) is 6.17. The largest absolute Gasteiger partial charge is 0.383 e. The molecule has 21 heavy (non-hydrogen) atoms. The minimum Gasteiger partial charge on any atom is -0.383 e. The van der Waals surface area contributed by atoms with Gasteiger partial charge in [-0.25, -0.2) is 0 Å². The van der Waals surface area contributed by atoms with Crippen LogP contribution in [-0.2, 0) is 4.74 Å². The molecule has 0 aromatic carbocycles. The number of hydrogen-bond acceptors (Lipinski definition) is 3. The van der Waals surface area contributed by atoms with Gasteiger partial charge in [-0.2, -0.15) is 0 Å². The van der Waals surface area contributed by atoms with E-state index in [1.165, 1.54) is 25.7 Å². The van der Waals surface area contributed by atoms with Crippen LogP contribution in [0, 0.1) is 5.92 Å². The fourth-order valence-corrected chi connectivity index (χ4v) is 2.76. The first-order valence-corrected chi connectivity index (χ1v) is 7.98. The van der Waals surface area contributed by atoms with Crippen LogP contribution in [0.2, 0.25) is 0 Å². The van der Waals surface area contributed by atoms with Gasteiger partial charge in [0.05, 0.1) is 13.2 Å². The number of guanidine groups is 1. The van der Waals surface area contributed by atoms with Gasteiger partial charge < -0.3 is 15.4 Å². The molecule has 1 aliphatic heterocycles. The third-order valence-electron chi connectivity index (χ3n) is 4.41. The summed E-state index contributed by atoms with van der Waals surface area (Å²) in [6, 6.07) is 0.761. The molecule has 0 radical (unpaired) electrons. The van der Waals surface area contributed by atoms with Gasteiger partial charge in [-0.05, 0) is 31.6 Å². The van der Waals surface area contributed by atoms with E-state index in [1.807, 2.05) is 0 Å². The monoisotopic (exact) mass is 410 g/mol. The van der Waals surface area contributed by atoms with Crippen molar-refractivity contribution >= 4 is 29.9 Å². The van der Waals surface area contributed by atoms with Gasteiger partial charge in [0.15, 0.2) is 5.96 Å². The molecule has 2 N–H and O–H groups in total. The number of nitrogens with zero attached hydrogens (tertiary/aromatic N) is 3. The highest BCUT2D eigenvalue weighted by atomic mass is 127. The second-order valence-electron chi connectivity index (χ2n) is 6.17. The van der Waals surface area contributed by atoms with E-state index in [4.69, 9.17) is 10.5 Å². The molecule has 5 nitrogen and oxygen atoms in total. The molecule has 1 saturated heterocycles. The number of halogens is 1. The van der Waals surface area contributed by atoms with E-state index in [0.717, 1.165) is 57.2 Å². The van der Waals surface area contributed by atoms with Crippen molar-refractivity contribution in [1.29, 1.82) is 0 Å². The number of hydrogen-bond donors (Lipinski definition) is 1. The molecule has 0 unspecified atom stereocenters. The molecule has 6 heteroatoms. The lowest BCUT2D eigenvalue weighted by atomic mass is 10.00. The van der Waals surface area contributed by atoms with Gasteiger partial charge in [0.1, 0.15) is 0 Å². The number of methoxy groups -OCH3 is 1. The third-order valence-corrected chi connectivity index (χ3v) is 4.41. The molecule has 0 spiro atoms. The maximum absolute atomic E-state index is 6.10. The van der Waals surface area contributed by atoms with Gasteiger partial charge in [-0.1, -0.05) is 6.92 Å². The van der Waals surface area contributed by atoms with Crippen molar-refractivity contribution in [3.63, 3.8) is 0 Å². The highest BCUT2D eigenvalue weighted by molar-refractivity contribution is 14.0. The van der Waals surface area contributed by atoms with Crippen LogP contribution in [0.3, 0.4) is 0 Å². The molecule has 2 rings (SSSR count). The molecule has 0 bridgehead atoms. The Morgan fingerprint density at radius 1 is 1.24 bits per heavy atom. The Hall–Kier alpha value is -0.0800. The van der Waals surface area contributed by atoms with Crippen LogP contribution in [0.4, 0.5) is 0 Å².